The van der Waals surface area contributed by atoms with E-state index in [1.807, 2.05) is 0 Å². The Kier molecular flexibility index (Phi) is 7.65. The maximum Gasteiger partial charge on any atom is 0.232 e. The minimum absolute atomic E-state index is 0.0210. The number of H-pyrrole nitrogens is 1. The number of alkyl halides is 1. The number of aromatic amines is 1. The van der Waals surface area contributed by atoms with Crippen molar-refractivity contribution in [3.63, 3.8) is 0 Å². The number of halogens is 3. The van der Waals surface area contributed by atoms with E-state index in [2.05, 4.69) is 19.8 Å². The van der Waals surface area contributed by atoms with Crippen LogP contribution in [0.3, 0.4) is 0 Å². The molecule has 0 saturated heterocycles. The summed E-state index contributed by atoms with van der Waals surface area (Å²) < 4.78 is 62.0. The number of para-hydroxylation sites is 1. The second kappa shape index (κ2) is 11.2. The molecule has 3 aromatic heterocycles. The third-order valence-electron chi connectivity index (χ3n) is 6.15. The minimum atomic E-state index is -3.81. The number of aryl methyl sites for hydroxylation is 1. The number of nitrogen functional groups attached to an aromatic ring is 1. The minimum Gasteiger partial charge on any atom is -0.436 e. The molecule has 0 unspecified atom stereocenters. The lowest BCUT2D eigenvalue weighted by Gasteiger charge is -2.11. The molecule has 0 amide bonds. The molecule has 0 fully saturated rings. The van der Waals surface area contributed by atoms with Gasteiger partial charge >= 0.3 is 0 Å². The molecule has 0 aliphatic heterocycles. The van der Waals surface area contributed by atoms with Gasteiger partial charge < -0.3 is 15.5 Å². The molecule has 0 radical (unpaired) electrons. The predicted molar refractivity (Wildman–Crippen MR) is 151 cm³/mol. The zero-order valence-corrected chi connectivity index (χ0v) is 23.1. The predicted octanol–water partition coefficient (Wildman–Crippen LogP) is 5.31. The van der Waals surface area contributed by atoms with Gasteiger partial charge in [0.2, 0.25) is 21.7 Å². The van der Waals surface area contributed by atoms with Crippen LogP contribution in [-0.4, -0.2) is 45.6 Å². The number of nitrogens with zero attached hydrogens (tertiary/aromatic N) is 3. The maximum atomic E-state index is 14.7. The lowest BCUT2D eigenvalue weighted by Crippen LogP contribution is -2.17. The fourth-order valence-corrected chi connectivity index (χ4v) is 5.54. The van der Waals surface area contributed by atoms with Gasteiger partial charge in [-0.1, -0.05) is 12.1 Å². The molecular formula is C27H23ClF2N6O4S. The van der Waals surface area contributed by atoms with Crippen LogP contribution in [0.4, 0.5) is 20.3 Å². The average molecular weight is 601 g/mol. The number of ether oxygens (including phenoxy) is 1. The van der Waals surface area contributed by atoms with Crippen LogP contribution >= 0.6 is 11.6 Å². The summed E-state index contributed by atoms with van der Waals surface area (Å²) >= 11 is 5.56. The summed E-state index contributed by atoms with van der Waals surface area (Å²) in [5.41, 5.74) is 7.64. The SMILES string of the molecule is Cc1cc(Oc2ccccc2F)ncc1-n1ncc(C(=O)c2cc3cc(F)c(NS(=O)(=O)CCCCl)cc3[nH]2)c1N. The molecular weight excluding hydrogens is 578 g/mol. The Labute approximate surface area is 238 Å². The van der Waals surface area contributed by atoms with Crippen molar-refractivity contribution in [3.05, 3.63) is 89.4 Å². The fraction of sp³-hybridized carbons (Fsp3) is 0.148. The van der Waals surface area contributed by atoms with E-state index in [-0.39, 0.29) is 52.4 Å². The van der Waals surface area contributed by atoms with E-state index in [1.54, 1.807) is 25.1 Å². The van der Waals surface area contributed by atoms with Gasteiger partial charge in [0.15, 0.2) is 11.6 Å². The summed E-state index contributed by atoms with van der Waals surface area (Å²) in [6.07, 6.45) is 2.94. The van der Waals surface area contributed by atoms with Gasteiger partial charge in [-0.05, 0) is 49.2 Å². The van der Waals surface area contributed by atoms with Crippen molar-refractivity contribution in [3.8, 4) is 17.3 Å². The number of aromatic nitrogens is 4. The Morgan fingerprint density at radius 1 is 1.15 bits per heavy atom. The first kappa shape index (κ1) is 28.1. The van der Waals surface area contributed by atoms with E-state index in [0.717, 1.165) is 6.07 Å². The molecule has 2 aromatic carbocycles. The van der Waals surface area contributed by atoms with Crippen molar-refractivity contribution in [2.24, 2.45) is 0 Å². The third-order valence-corrected chi connectivity index (χ3v) is 7.78. The molecule has 5 aromatic rings. The topological polar surface area (TPSA) is 145 Å². The molecule has 0 spiro atoms. The number of carbonyl (C=O) groups is 1. The van der Waals surface area contributed by atoms with Gasteiger partial charge in [-0.3, -0.25) is 9.52 Å². The summed E-state index contributed by atoms with van der Waals surface area (Å²) in [6.45, 7) is 1.75. The van der Waals surface area contributed by atoms with E-state index in [4.69, 9.17) is 22.1 Å². The molecule has 0 bridgehead atoms. The molecule has 41 heavy (non-hydrogen) atoms. The summed E-state index contributed by atoms with van der Waals surface area (Å²) in [7, 11) is -3.81. The van der Waals surface area contributed by atoms with Crippen molar-refractivity contribution < 1.29 is 26.7 Å². The number of hydrogen-bond donors (Lipinski definition) is 3. The second-order valence-electron chi connectivity index (χ2n) is 9.09. The zero-order chi connectivity index (χ0) is 29.3. The van der Waals surface area contributed by atoms with E-state index in [1.165, 1.54) is 41.3 Å². The zero-order valence-electron chi connectivity index (χ0n) is 21.5. The van der Waals surface area contributed by atoms with E-state index < -0.39 is 27.4 Å². The van der Waals surface area contributed by atoms with Gasteiger partial charge in [-0.15, -0.1) is 11.6 Å². The average Bonchev–Trinajstić information content (AvgIpc) is 3.51. The Morgan fingerprint density at radius 3 is 2.66 bits per heavy atom. The normalized spacial score (nSPS) is 11.6. The van der Waals surface area contributed by atoms with Gasteiger partial charge in [-0.25, -0.2) is 26.9 Å². The summed E-state index contributed by atoms with van der Waals surface area (Å²) in [5, 5.41) is 4.59. The van der Waals surface area contributed by atoms with Crippen molar-refractivity contribution in [2.45, 2.75) is 13.3 Å². The molecule has 14 heteroatoms. The number of nitrogens with one attached hydrogen (secondary N) is 2. The smallest absolute Gasteiger partial charge is 0.232 e. The van der Waals surface area contributed by atoms with Crippen LogP contribution in [-0.2, 0) is 10.0 Å². The number of sulfonamides is 1. The Balaban J connectivity index is 1.39. The second-order valence-corrected chi connectivity index (χ2v) is 11.3. The Bertz CT molecular complexity index is 1890. The number of ketones is 1. The number of hydrogen-bond acceptors (Lipinski definition) is 7. The van der Waals surface area contributed by atoms with Gasteiger partial charge in [0.25, 0.3) is 0 Å². The number of benzene rings is 2. The Morgan fingerprint density at radius 2 is 1.93 bits per heavy atom. The maximum absolute atomic E-state index is 14.7. The first-order chi connectivity index (χ1) is 19.6. The number of rotatable bonds is 10. The molecule has 5 rings (SSSR count). The van der Waals surface area contributed by atoms with Gasteiger partial charge in [0.1, 0.15) is 11.6 Å². The Hall–Kier alpha value is -4.49. The van der Waals surface area contributed by atoms with Crippen LogP contribution in [0.25, 0.3) is 16.6 Å². The number of carbonyl (C=O) groups excluding carboxylic acids is 1. The largest absolute Gasteiger partial charge is 0.436 e. The molecule has 3 heterocycles. The number of nitrogens with two attached hydrogens (primary N) is 1. The highest BCUT2D eigenvalue weighted by Crippen LogP contribution is 2.29. The van der Waals surface area contributed by atoms with Gasteiger partial charge in [0.05, 0.1) is 40.8 Å². The third kappa shape index (κ3) is 5.86. The highest BCUT2D eigenvalue weighted by Gasteiger charge is 2.22. The summed E-state index contributed by atoms with van der Waals surface area (Å²) in [5.74, 6) is -1.76. The molecule has 0 aliphatic rings. The molecule has 10 nitrogen and oxygen atoms in total. The van der Waals surface area contributed by atoms with E-state index in [9.17, 15) is 22.0 Å². The molecule has 212 valence electrons. The van der Waals surface area contributed by atoms with Crippen LogP contribution in [0.2, 0.25) is 0 Å². The van der Waals surface area contributed by atoms with E-state index in [0.29, 0.717) is 22.2 Å². The standard InChI is InChI=1S/C27H23ClF2N6O4S/c1-15-9-25(40-24-6-3-2-5-18(24)29)32-14-23(15)36-27(31)17(13-33-36)26(37)22-11-16-10-19(30)21(12-20(16)34-22)35-41(38,39)8-4-7-28/h2-3,5-6,9-14,34-35H,4,7-8,31H2,1H3. The summed E-state index contributed by atoms with van der Waals surface area (Å²) in [4.78, 5) is 20.4. The van der Waals surface area contributed by atoms with Crippen LogP contribution in [0.15, 0.2) is 60.9 Å². The van der Waals surface area contributed by atoms with Crippen LogP contribution in [0.5, 0.6) is 11.6 Å². The number of fused-ring (bicyclic) bond motifs is 1. The van der Waals surface area contributed by atoms with E-state index >= 15 is 0 Å². The van der Waals surface area contributed by atoms with Crippen molar-refractivity contribution in [1.29, 1.82) is 0 Å². The first-order valence-corrected chi connectivity index (χ1v) is 14.4. The monoisotopic (exact) mass is 600 g/mol. The van der Waals surface area contributed by atoms with Crippen molar-refractivity contribution in [2.75, 3.05) is 22.1 Å². The van der Waals surface area contributed by atoms with Crippen molar-refractivity contribution in [1.82, 2.24) is 19.7 Å². The van der Waals surface area contributed by atoms with Crippen LogP contribution in [0, 0.1) is 18.6 Å². The molecule has 0 saturated carbocycles. The lowest BCUT2D eigenvalue weighted by molar-refractivity contribution is 0.103. The summed E-state index contributed by atoms with van der Waals surface area (Å²) in [6, 6.07) is 11.3. The van der Waals surface area contributed by atoms with Crippen LogP contribution < -0.4 is 15.2 Å². The highest BCUT2D eigenvalue weighted by atomic mass is 35.5. The van der Waals surface area contributed by atoms with Crippen molar-refractivity contribution >= 4 is 49.8 Å². The fourth-order valence-electron chi connectivity index (χ4n) is 4.13. The quantitative estimate of drug-likeness (QED) is 0.145. The highest BCUT2D eigenvalue weighted by molar-refractivity contribution is 7.92. The first-order valence-electron chi connectivity index (χ1n) is 12.2. The molecule has 0 atom stereocenters. The van der Waals surface area contributed by atoms with Gasteiger partial charge in [-0.2, -0.15) is 5.10 Å². The van der Waals surface area contributed by atoms with Crippen LogP contribution in [0.1, 0.15) is 28.0 Å². The molecule has 0 aliphatic carbocycles. The number of pyridine rings is 1. The molecule has 4 N–H and O–H groups in total. The number of anilines is 2. The lowest BCUT2D eigenvalue weighted by atomic mass is 10.1. The van der Waals surface area contributed by atoms with Gasteiger partial charge in [0, 0.05) is 22.8 Å².